The molecule has 0 aromatic heterocycles. The van der Waals surface area contributed by atoms with Gasteiger partial charge in [-0.1, -0.05) is 62.8 Å². The summed E-state index contributed by atoms with van der Waals surface area (Å²) in [6.07, 6.45) is 12.5. The van der Waals surface area contributed by atoms with Gasteiger partial charge in [-0.05, 0) is 119 Å². The van der Waals surface area contributed by atoms with E-state index in [1.54, 1.807) is 12.0 Å². The van der Waals surface area contributed by atoms with Crippen LogP contribution in [-0.2, 0) is 16.2 Å². The summed E-state index contributed by atoms with van der Waals surface area (Å²) in [6, 6.07) is 11.1. The molecule has 2 aliphatic heterocycles. The number of carbonyl (C=O) groups is 2. The van der Waals surface area contributed by atoms with Gasteiger partial charge in [0.15, 0.2) is 0 Å². The van der Waals surface area contributed by atoms with Gasteiger partial charge in [-0.3, -0.25) is 14.4 Å². The van der Waals surface area contributed by atoms with E-state index in [9.17, 15) is 19.8 Å². The van der Waals surface area contributed by atoms with Gasteiger partial charge in [-0.2, -0.15) is 5.06 Å². The lowest BCUT2D eigenvalue weighted by Gasteiger charge is -2.62. The molecule has 2 aromatic carbocycles. The van der Waals surface area contributed by atoms with Crippen molar-refractivity contribution in [2.45, 2.75) is 116 Å². The van der Waals surface area contributed by atoms with Crippen LogP contribution in [0.4, 0.5) is 5.69 Å². The number of hydrogen-bond acceptors (Lipinski definition) is 9. The van der Waals surface area contributed by atoms with Crippen molar-refractivity contribution in [2.24, 2.45) is 29.1 Å². The smallest absolute Gasteiger partial charge is 0.251 e. The topological polar surface area (TPSA) is 127 Å². The molecule has 6 aliphatic rings. The highest BCUT2D eigenvalue weighted by Gasteiger charge is 2.57. The van der Waals surface area contributed by atoms with E-state index in [1.165, 1.54) is 24.8 Å². The maximum absolute atomic E-state index is 14.4. The van der Waals surface area contributed by atoms with Crippen LogP contribution in [0.5, 0.6) is 5.75 Å². The molecule has 4 aliphatic carbocycles. The average Bonchev–Trinajstić information content (AvgIpc) is 3.87. The number of hydroxylamine groups is 2. The molecule has 9 atom stereocenters. The van der Waals surface area contributed by atoms with Gasteiger partial charge in [-0.15, -0.1) is 0 Å². The molecule has 11 nitrogen and oxygen atoms in total. The lowest BCUT2D eigenvalue weighted by molar-refractivity contribution is -0.183. The average molecular weight is 812 g/mol. The summed E-state index contributed by atoms with van der Waals surface area (Å²) < 4.78 is 6.44. The first kappa shape index (κ1) is 43.4. The van der Waals surface area contributed by atoms with Gasteiger partial charge in [0.2, 0.25) is 5.91 Å². The van der Waals surface area contributed by atoms with E-state index in [0.29, 0.717) is 35.7 Å². The quantitative estimate of drug-likeness (QED) is 0.154. The molecule has 2 heterocycles. The van der Waals surface area contributed by atoms with Crippen molar-refractivity contribution in [3.63, 3.8) is 0 Å². The minimum atomic E-state index is -0.897. The number of likely N-dealkylation sites (tertiary alicyclic amines) is 1. The maximum atomic E-state index is 14.4. The van der Waals surface area contributed by atoms with Gasteiger partial charge in [-0.25, -0.2) is 0 Å². The van der Waals surface area contributed by atoms with E-state index in [-0.39, 0.29) is 42.5 Å². The lowest BCUT2D eigenvalue weighted by Crippen LogP contribution is -2.62. The normalized spacial score (nSPS) is 28.7. The van der Waals surface area contributed by atoms with Crippen molar-refractivity contribution in [1.29, 1.82) is 0 Å². The van der Waals surface area contributed by atoms with Gasteiger partial charge < -0.3 is 35.4 Å². The van der Waals surface area contributed by atoms with E-state index in [2.05, 4.69) is 60.6 Å². The first-order valence-electron chi connectivity index (χ1n) is 22.3. The van der Waals surface area contributed by atoms with Crippen LogP contribution in [0.2, 0.25) is 0 Å². The van der Waals surface area contributed by atoms with Gasteiger partial charge in [0.25, 0.3) is 5.91 Å². The minimum Gasteiger partial charge on any atom is -0.493 e. The summed E-state index contributed by atoms with van der Waals surface area (Å²) in [5.41, 5.74) is 5.46. The number of benzene rings is 2. The number of allylic oxidation sites excluding steroid dienone is 3. The first-order chi connectivity index (χ1) is 28.3. The molecule has 4 N–H and O–H groups in total. The number of ether oxygens (including phenoxy) is 1. The Bertz CT molecular complexity index is 1870. The van der Waals surface area contributed by atoms with Gasteiger partial charge in [0, 0.05) is 61.0 Å². The SMILES string of the molecule is CCOc1c(CN2O[C@@H](CO)[C@@H]([C@H](C)O)[C@H]2C(=O)N[C@H]2C[C@@H]3C[C@@H]([C@@H]2C)C3(C)C)cccc1-c1cc(C(=O)N[C@@H](CC2=CCCC=C2)CN2CCCC2)cc(N(C)C)c1. The summed E-state index contributed by atoms with van der Waals surface area (Å²) in [6.45, 7) is 13.7. The Morgan fingerprint density at radius 3 is 2.53 bits per heavy atom. The number of hydrogen-bond donors (Lipinski definition) is 4. The number of anilines is 1. The Morgan fingerprint density at radius 1 is 1.10 bits per heavy atom. The Kier molecular flexibility index (Phi) is 13.6. The first-order valence-corrected chi connectivity index (χ1v) is 22.3. The predicted octanol–water partition coefficient (Wildman–Crippen LogP) is 6.34. The second-order valence-electron chi connectivity index (χ2n) is 18.8. The van der Waals surface area contributed by atoms with Gasteiger partial charge in [0.05, 0.1) is 25.9 Å². The van der Waals surface area contributed by atoms with Crippen molar-refractivity contribution in [1.82, 2.24) is 20.6 Å². The summed E-state index contributed by atoms with van der Waals surface area (Å²) in [5, 5.41) is 29.9. The molecule has 8 rings (SSSR count). The molecule has 5 fully saturated rings. The zero-order chi connectivity index (χ0) is 42.0. The fraction of sp³-hybridized carbons (Fsp3) is 0.625. The fourth-order valence-corrected chi connectivity index (χ4v) is 10.9. The third-order valence-corrected chi connectivity index (χ3v) is 14.3. The molecule has 0 radical (unpaired) electrons. The maximum Gasteiger partial charge on any atom is 0.251 e. The fourth-order valence-electron chi connectivity index (χ4n) is 10.9. The molecule has 2 saturated heterocycles. The van der Waals surface area contributed by atoms with Crippen LogP contribution in [0.25, 0.3) is 11.1 Å². The molecule has 2 amide bonds. The zero-order valence-electron chi connectivity index (χ0n) is 36.5. The second kappa shape index (κ2) is 18.5. The third-order valence-electron chi connectivity index (χ3n) is 14.3. The molecule has 2 bridgehead atoms. The molecule has 11 heteroatoms. The van der Waals surface area contributed by atoms with Crippen LogP contribution < -0.4 is 20.3 Å². The van der Waals surface area contributed by atoms with Gasteiger partial charge in [0.1, 0.15) is 17.9 Å². The summed E-state index contributed by atoms with van der Waals surface area (Å²) in [7, 11) is 3.95. The highest BCUT2D eigenvalue weighted by molar-refractivity contribution is 5.97. The zero-order valence-corrected chi connectivity index (χ0v) is 36.5. The van der Waals surface area contributed by atoms with Crippen LogP contribution in [0.3, 0.4) is 0 Å². The number of nitrogens with zero attached hydrogens (tertiary/aromatic N) is 3. The number of nitrogens with one attached hydrogen (secondary N) is 2. The Balaban J connectivity index is 1.17. The summed E-state index contributed by atoms with van der Waals surface area (Å²) in [4.78, 5) is 39.5. The predicted molar refractivity (Wildman–Crippen MR) is 233 cm³/mol. The summed E-state index contributed by atoms with van der Waals surface area (Å²) >= 11 is 0. The van der Waals surface area contributed by atoms with Crippen molar-refractivity contribution in [3.05, 3.63) is 71.3 Å². The Morgan fingerprint density at radius 2 is 1.88 bits per heavy atom. The van der Waals surface area contributed by atoms with E-state index >= 15 is 0 Å². The number of fused-ring (bicyclic) bond motifs is 2. The Labute approximate surface area is 352 Å². The third kappa shape index (κ3) is 9.30. The van der Waals surface area contributed by atoms with E-state index in [1.807, 2.05) is 56.3 Å². The van der Waals surface area contributed by atoms with Crippen LogP contribution in [-0.4, -0.2) is 109 Å². The standard InChI is InChI=1S/C48H69N5O6/c1-8-58-45-33(27-53-44(43(31(3)55)42(29-54)59-53)47(57)50-41-26-36-25-40(30(41)2)48(36,4)5)17-14-18-39(45)34-22-35(24-38(23-34)51(6)7)46(56)49-37(28-52-19-12-13-20-52)21-32-15-10-9-11-16-32/h10,14-18,22-24,30-31,36-37,40-44,54-55H,8-9,11-13,19-21,25-29H2,1-7H3,(H,49,56)(H,50,57)/t30-,31-,36-,37-,40-,41-,42-,43+,44-/m0/s1. The van der Waals surface area contributed by atoms with Crippen molar-refractivity contribution in [3.8, 4) is 16.9 Å². The van der Waals surface area contributed by atoms with Crippen LogP contribution in [0.15, 0.2) is 60.2 Å². The highest BCUT2D eigenvalue weighted by atomic mass is 16.7. The van der Waals surface area contributed by atoms with Crippen LogP contribution >= 0.6 is 0 Å². The molecule has 322 valence electrons. The van der Waals surface area contributed by atoms with Crippen LogP contribution in [0.1, 0.15) is 95.5 Å². The number of para-hydroxylation sites is 1. The molecule has 0 spiro atoms. The summed E-state index contributed by atoms with van der Waals surface area (Å²) in [5.74, 6) is 1.16. The van der Waals surface area contributed by atoms with E-state index < -0.39 is 24.2 Å². The minimum absolute atomic E-state index is 0.0268. The van der Waals surface area contributed by atoms with Crippen LogP contribution in [0, 0.1) is 29.1 Å². The number of aliphatic hydroxyl groups excluding tert-OH is 2. The van der Waals surface area contributed by atoms with E-state index in [0.717, 1.165) is 67.7 Å². The molecule has 2 aromatic rings. The van der Waals surface area contributed by atoms with E-state index in [4.69, 9.17) is 9.57 Å². The number of amides is 2. The van der Waals surface area contributed by atoms with Crippen molar-refractivity contribution in [2.75, 3.05) is 51.8 Å². The highest BCUT2D eigenvalue weighted by Crippen LogP contribution is 2.61. The molecular formula is C48H69N5O6. The van der Waals surface area contributed by atoms with Crippen molar-refractivity contribution >= 4 is 17.5 Å². The van der Waals surface area contributed by atoms with Gasteiger partial charge >= 0.3 is 0 Å². The number of rotatable bonds is 16. The molecule has 59 heavy (non-hydrogen) atoms. The monoisotopic (exact) mass is 812 g/mol. The van der Waals surface area contributed by atoms with Crippen molar-refractivity contribution < 1.29 is 29.4 Å². The largest absolute Gasteiger partial charge is 0.493 e. The second-order valence-corrected chi connectivity index (χ2v) is 18.8. The molecular weight excluding hydrogens is 743 g/mol. The molecule has 0 unspecified atom stereocenters. The lowest BCUT2D eigenvalue weighted by atomic mass is 9.45. The number of carbonyl (C=O) groups excluding carboxylic acids is 2. The number of aliphatic hydroxyl groups is 2. The molecule has 3 saturated carbocycles. The Hall–Kier alpha value is -3.74.